The summed E-state index contributed by atoms with van der Waals surface area (Å²) in [6.45, 7) is -3.47. The Hall–Kier alpha value is -1.60. The zero-order valence-corrected chi connectivity index (χ0v) is 35.2. The molecule has 0 aliphatic carbocycles. The molecule has 65 heavy (non-hydrogen) atoms. The molecular formula is C37H65FN2O25. The second-order valence-electron chi connectivity index (χ2n) is 16.4. The molecule has 5 saturated heterocycles. The molecule has 5 aliphatic heterocycles. The van der Waals surface area contributed by atoms with Gasteiger partial charge in [0.05, 0.1) is 26.4 Å². The predicted molar refractivity (Wildman–Crippen MR) is 204 cm³/mol. The van der Waals surface area contributed by atoms with E-state index in [9.17, 15) is 80.7 Å². The number of ether oxygens (including phenoxy) is 10. The number of aliphatic hydroxyl groups excluding tert-OH is 14. The number of carbonyl (C=O) groups is 1. The summed E-state index contributed by atoms with van der Waals surface area (Å²) in [5, 5.41) is 152. The quantitative estimate of drug-likeness (QED) is 0.0504. The van der Waals surface area contributed by atoms with Gasteiger partial charge in [0.2, 0.25) is 5.91 Å². The summed E-state index contributed by atoms with van der Waals surface area (Å²) in [6.07, 6.45) is -42.2. The summed E-state index contributed by atoms with van der Waals surface area (Å²) in [4.78, 5) is 12.5. The number of rotatable bonds is 20. The van der Waals surface area contributed by atoms with Crippen molar-refractivity contribution in [2.24, 2.45) is 5.73 Å². The Bertz CT molecular complexity index is 1430. The maximum absolute atomic E-state index is 14.2. The van der Waals surface area contributed by atoms with Gasteiger partial charge in [0, 0.05) is 13.5 Å². The van der Waals surface area contributed by atoms with Crippen LogP contribution in [0.25, 0.3) is 0 Å². The van der Waals surface area contributed by atoms with Crippen LogP contribution in [0.15, 0.2) is 0 Å². The van der Waals surface area contributed by atoms with Gasteiger partial charge >= 0.3 is 0 Å². The van der Waals surface area contributed by atoms with Gasteiger partial charge in [-0.15, -0.1) is 0 Å². The van der Waals surface area contributed by atoms with Gasteiger partial charge in [-0.25, -0.2) is 4.39 Å². The number of nitrogens with one attached hydrogen (secondary N) is 1. The van der Waals surface area contributed by atoms with Crippen LogP contribution in [0.4, 0.5) is 4.39 Å². The lowest BCUT2D eigenvalue weighted by molar-refractivity contribution is -0.388. The van der Waals surface area contributed by atoms with Gasteiger partial charge in [-0.2, -0.15) is 0 Å². The van der Waals surface area contributed by atoms with Gasteiger partial charge in [0.25, 0.3) is 0 Å². The molecule has 0 radical (unpaired) electrons. The van der Waals surface area contributed by atoms with E-state index in [-0.39, 0.29) is 6.61 Å². The van der Waals surface area contributed by atoms with Crippen LogP contribution >= 0.6 is 0 Å². The lowest BCUT2D eigenvalue weighted by Gasteiger charge is -2.50. The molecule has 27 nitrogen and oxygen atoms in total. The van der Waals surface area contributed by atoms with Gasteiger partial charge in [0.15, 0.2) is 31.5 Å². The van der Waals surface area contributed by atoms with Gasteiger partial charge in [-0.3, -0.25) is 4.79 Å². The highest BCUT2D eigenvalue weighted by molar-refractivity contribution is 5.73. The van der Waals surface area contributed by atoms with Gasteiger partial charge in [0.1, 0.15) is 129 Å². The van der Waals surface area contributed by atoms with Gasteiger partial charge in [-0.05, 0) is 25.8 Å². The van der Waals surface area contributed by atoms with Crippen LogP contribution < -0.4 is 11.1 Å². The number of halogens is 1. The van der Waals surface area contributed by atoms with E-state index in [0.717, 1.165) is 6.92 Å². The maximum Gasteiger partial charge on any atom is 0.217 e. The lowest BCUT2D eigenvalue weighted by atomic mass is 9.94. The molecule has 5 aliphatic rings. The highest BCUT2D eigenvalue weighted by Crippen LogP contribution is 2.36. The fourth-order valence-electron chi connectivity index (χ4n) is 8.15. The van der Waals surface area contributed by atoms with Crippen LogP contribution in [0.5, 0.6) is 0 Å². The highest BCUT2D eigenvalue weighted by Gasteiger charge is 2.57. The molecular weight excluding hydrogens is 891 g/mol. The fraction of sp³-hybridized carbons (Fsp3) is 0.973. The maximum atomic E-state index is 14.2. The first-order chi connectivity index (χ1) is 31.0. The summed E-state index contributed by atoms with van der Waals surface area (Å²) >= 11 is 0. The van der Waals surface area contributed by atoms with Crippen molar-refractivity contribution in [1.29, 1.82) is 0 Å². The Morgan fingerprint density at radius 3 is 1.46 bits per heavy atom. The van der Waals surface area contributed by atoms with E-state index in [4.69, 9.17) is 53.1 Å². The van der Waals surface area contributed by atoms with E-state index in [1.54, 1.807) is 0 Å². The number of nitrogens with two attached hydrogens (primary N) is 1. The zero-order chi connectivity index (χ0) is 47.9. The molecule has 0 spiro atoms. The van der Waals surface area contributed by atoms with Crippen molar-refractivity contribution in [2.45, 2.75) is 180 Å². The molecule has 5 heterocycles. The van der Waals surface area contributed by atoms with E-state index in [2.05, 4.69) is 5.32 Å². The van der Waals surface area contributed by atoms with Crippen LogP contribution in [-0.4, -0.2) is 277 Å². The number of unbranched alkanes of at least 4 members (excludes halogenated alkanes) is 2. The molecule has 5 fully saturated rings. The number of hydrogen-bond donors (Lipinski definition) is 16. The first kappa shape index (κ1) is 54.3. The van der Waals surface area contributed by atoms with Crippen molar-refractivity contribution in [3.05, 3.63) is 0 Å². The van der Waals surface area contributed by atoms with Crippen molar-refractivity contribution in [3.8, 4) is 0 Å². The third-order valence-corrected chi connectivity index (χ3v) is 11.8. The Balaban J connectivity index is 1.31. The molecule has 1 amide bonds. The minimum Gasteiger partial charge on any atom is -0.394 e. The predicted octanol–water partition coefficient (Wildman–Crippen LogP) is -9.65. The lowest BCUT2D eigenvalue weighted by Crippen LogP contribution is -2.70. The van der Waals surface area contributed by atoms with Crippen LogP contribution in [0, 0.1) is 0 Å². The number of carbonyl (C=O) groups excluding carboxylic acids is 1. The zero-order valence-electron chi connectivity index (χ0n) is 35.2. The van der Waals surface area contributed by atoms with Gasteiger partial charge in [-0.1, -0.05) is 0 Å². The van der Waals surface area contributed by atoms with E-state index in [1.807, 2.05) is 0 Å². The van der Waals surface area contributed by atoms with Crippen LogP contribution in [0.2, 0.25) is 0 Å². The van der Waals surface area contributed by atoms with Gasteiger partial charge < -0.3 is 130 Å². The van der Waals surface area contributed by atoms with Crippen molar-refractivity contribution in [3.63, 3.8) is 0 Å². The molecule has 25 unspecified atom stereocenters. The second kappa shape index (κ2) is 24.8. The molecule has 0 bridgehead atoms. The Kier molecular flexibility index (Phi) is 20.7. The van der Waals surface area contributed by atoms with Crippen LogP contribution in [0.1, 0.15) is 26.2 Å². The summed E-state index contributed by atoms with van der Waals surface area (Å²) < 4.78 is 70.7. The van der Waals surface area contributed by atoms with Crippen molar-refractivity contribution in [1.82, 2.24) is 5.32 Å². The number of aliphatic hydroxyl groups is 14. The smallest absolute Gasteiger partial charge is 0.217 e. The monoisotopic (exact) mass is 956 g/mol. The third kappa shape index (κ3) is 12.4. The molecule has 5 rings (SSSR count). The normalized spacial score (nSPS) is 47.4. The van der Waals surface area contributed by atoms with Crippen LogP contribution in [-0.2, 0) is 52.2 Å². The first-order valence-corrected chi connectivity index (χ1v) is 21.2. The summed E-state index contributed by atoms with van der Waals surface area (Å²) in [7, 11) is 0. The summed E-state index contributed by atoms with van der Waals surface area (Å²) in [5.41, 5.74) is 5.48. The molecule has 0 aromatic heterocycles. The van der Waals surface area contributed by atoms with Crippen molar-refractivity contribution >= 4 is 5.91 Å². The standard InChI is InChI=1S/C37H65FN2O25/c1-12(45)40-18-31(64-35-25(52)22(49)19(46)14(8-41)59-35)20(47)15(9-42)58-33(18)65-32-21(48)16(10-43)60-37(28(32)55)63-30-17(11-44)61-36(27(54)24(30)51)62-29-13(7-38)57-34(26(53)23(29)50)56-6-4-2-3-5-39/h13-37,41-44,46-55H,2-11,39H2,1H3,(H,40,45). The molecule has 25 atom stereocenters. The fourth-order valence-corrected chi connectivity index (χ4v) is 8.15. The Labute approximate surface area is 370 Å². The Morgan fingerprint density at radius 1 is 0.492 bits per heavy atom. The average molecular weight is 957 g/mol. The molecule has 28 heteroatoms. The topological polar surface area (TPSA) is 431 Å². The van der Waals surface area contributed by atoms with Crippen LogP contribution in [0.3, 0.4) is 0 Å². The molecule has 0 aromatic carbocycles. The van der Waals surface area contributed by atoms with E-state index < -0.39 is 192 Å². The number of amides is 1. The molecule has 17 N–H and O–H groups in total. The van der Waals surface area contributed by atoms with E-state index in [0.29, 0.717) is 25.8 Å². The molecule has 0 saturated carbocycles. The first-order valence-electron chi connectivity index (χ1n) is 21.2. The number of alkyl halides is 1. The van der Waals surface area contributed by atoms with E-state index >= 15 is 0 Å². The molecule has 380 valence electrons. The van der Waals surface area contributed by atoms with E-state index in [1.165, 1.54) is 0 Å². The summed E-state index contributed by atoms with van der Waals surface area (Å²) in [6, 6.07) is -1.68. The van der Waals surface area contributed by atoms with Crippen molar-refractivity contribution < 1.29 is 128 Å². The second-order valence-corrected chi connectivity index (χ2v) is 16.4. The van der Waals surface area contributed by atoms with Crippen molar-refractivity contribution in [2.75, 3.05) is 46.3 Å². The SMILES string of the molecule is CC(=O)NC1C(OC2C(O)C(CO)OC(OC3C(CO)OC(OC4C(CF)OC(OCCCCCN)C(O)C4O)C(O)C3O)C2O)OC(CO)C(O)C1OC1OC(CO)C(O)C(O)C1O. The third-order valence-electron chi connectivity index (χ3n) is 11.8. The summed E-state index contributed by atoms with van der Waals surface area (Å²) in [5.74, 6) is -0.807. The average Bonchev–Trinajstić information content (AvgIpc) is 3.29. The minimum absolute atomic E-state index is 0.0870. The highest BCUT2D eigenvalue weighted by atomic mass is 19.1. The Morgan fingerprint density at radius 2 is 0.923 bits per heavy atom. The molecule has 0 aromatic rings. The minimum atomic E-state index is -2.16. The number of hydrogen-bond acceptors (Lipinski definition) is 26. The largest absolute Gasteiger partial charge is 0.394 e.